The molecule has 1 amide bonds. The Kier molecular flexibility index (Phi) is 6.01. The van der Waals surface area contributed by atoms with Crippen molar-refractivity contribution < 1.29 is 14.4 Å². The van der Waals surface area contributed by atoms with Gasteiger partial charge in [0.2, 0.25) is 5.91 Å². The van der Waals surface area contributed by atoms with Crippen LogP contribution in [0.3, 0.4) is 0 Å². The van der Waals surface area contributed by atoms with Gasteiger partial charge in [-0.05, 0) is 49.6 Å². The first-order valence-electron chi connectivity index (χ1n) is 8.57. The quantitative estimate of drug-likeness (QED) is 0.622. The Hall–Kier alpha value is -2.85. The molecule has 1 aromatic rings. The van der Waals surface area contributed by atoms with Gasteiger partial charge in [0.25, 0.3) is 0 Å². The van der Waals surface area contributed by atoms with E-state index in [1.807, 2.05) is 26.0 Å². The van der Waals surface area contributed by atoms with E-state index in [0.717, 1.165) is 22.3 Å². The van der Waals surface area contributed by atoms with E-state index in [4.69, 9.17) is 6.42 Å². The predicted octanol–water partition coefficient (Wildman–Crippen LogP) is 2.40. The van der Waals surface area contributed by atoms with Crippen molar-refractivity contribution in [1.82, 2.24) is 4.90 Å². The first-order chi connectivity index (χ1) is 12.3. The third-order valence-electron chi connectivity index (χ3n) is 4.74. The maximum absolute atomic E-state index is 12.8. The fourth-order valence-electron chi connectivity index (χ4n) is 3.64. The SMILES string of the molecule is C#CCN(C)C(=O)C1CC(=O)C(c2c(C)cc(C#CC)cc2C)C(=O)C1. The number of carbonyl (C=O) groups excluding carboxylic acids is 3. The molecule has 26 heavy (non-hydrogen) atoms. The molecule has 0 radical (unpaired) electrons. The number of Topliss-reactive ketones (excluding diaryl/α,β-unsaturated/α-hetero) is 2. The summed E-state index contributed by atoms with van der Waals surface area (Å²) in [5, 5.41) is 0. The molecule has 0 bridgehead atoms. The van der Waals surface area contributed by atoms with Gasteiger partial charge in [-0.2, -0.15) is 0 Å². The number of rotatable bonds is 3. The van der Waals surface area contributed by atoms with E-state index in [2.05, 4.69) is 17.8 Å². The number of hydrogen-bond donors (Lipinski definition) is 0. The zero-order valence-electron chi connectivity index (χ0n) is 15.7. The largest absolute Gasteiger partial charge is 0.334 e. The molecule has 2 rings (SSSR count). The van der Waals surface area contributed by atoms with Gasteiger partial charge in [-0.15, -0.1) is 12.3 Å². The highest BCUT2D eigenvalue weighted by molar-refractivity contribution is 6.12. The van der Waals surface area contributed by atoms with Crippen molar-refractivity contribution in [2.75, 3.05) is 13.6 Å². The van der Waals surface area contributed by atoms with Crippen molar-refractivity contribution in [3.8, 4) is 24.2 Å². The molecule has 0 aromatic heterocycles. The van der Waals surface area contributed by atoms with Gasteiger partial charge in [-0.3, -0.25) is 14.4 Å². The molecule has 1 fully saturated rings. The molecule has 1 aliphatic carbocycles. The summed E-state index contributed by atoms with van der Waals surface area (Å²) < 4.78 is 0. The van der Waals surface area contributed by atoms with Crippen LogP contribution in [0.15, 0.2) is 12.1 Å². The molecule has 0 unspecified atom stereocenters. The normalized spacial score (nSPS) is 19.3. The van der Waals surface area contributed by atoms with Gasteiger partial charge >= 0.3 is 0 Å². The minimum atomic E-state index is -0.791. The average Bonchev–Trinajstić information content (AvgIpc) is 2.56. The minimum absolute atomic E-state index is 0.0690. The van der Waals surface area contributed by atoms with E-state index in [1.165, 1.54) is 4.90 Å². The third-order valence-corrected chi connectivity index (χ3v) is 4.74. The highest BCUT2D eigenvalue weighted by Crippen LogP contribution is 2.35. The second kappa shape index (κ2) is 8.02. The number of terminal acetylenes is 1. The highest BCUT2D eigenvalue weighted by atomic mass is 16.2. The second-order valence-electron chi connectivity index (χ2n) is 6.77. The number of aryl methyl sites for hydroxylation is 2. The maximum atomic E-state index is 12.8. The first-order valence-corrected chi connectivity index (χ1v) is 8.57. The van der Waals surface area contributed by atoms with Crippen LogP contribution in [-0.4, -0.2) is 36.0 Å². The number of carbonyl (C=O) groups is 3. The van der Waals surface area contributed by atoms with Crippen molar-refractivity contribution in [3.63, 3.8) is 0 Å². The van der Waals surface area contributed by atoms with Crippen molar-refractivity contribution >= 4 is 17.5 Å². The fraction of sp³-hybridized carbons (Fsp3) is 0.409. The Morgan fingerprint density at radius 1 is 1.19 bits per heavy atom. The summed E-state index contributed by atoms with van der Waals surface area (Å²) in [7, 11) is 1.59. The lowest BCUT2D eigenvalue weighted by Gasteiger charge is -2.29. The second-order valence-corrected chi connectivity index (χ2v) is 6.77. The smallest absolute Gasteiger partial charge is 0.227 e. The maximum Gasteiger partial charge on any atom is 0.227 e. The van der Waals surface area contributed by atoms with Crippen molar-refractivity contribution in [2.24, 2.45) is 5.92 Å². The van der Waals surface area contributed by atoms with E-state index in [-0.39, 0.29) is 36.9 Å². The molecule has 0 aliphatic heterocycles. The van der Waals surface area contributed by atoms with Crippen LogP contribution in [0.2, 0.25) is 0 Å². The van der Waals surface area contributed by atoms with Gasteiger partial charge in [0.05, 0.1) is 12.5 Å². The molecule has 1 aromatic carbocycles. The summed E-state index contributed by atoms with van der Waals surface area (Å²) in [5.74, 6) is 6.20. The van der Waals surface area contributed by atoms with Gasteiger partial charge in [0, 0.05) is 25.5 Å². The molecular formula is C22H23NO3. The van der Waals surface area contributed by atoms with E-state index in [0.29, 0.717) is 0 Å². The monoisotopic (exact) mass is 349 g/mol. The van der Waals surface area contributed by atoms with Gasteiger partial charge < -0.3 is 4.90 Å². The molecule has 0 N–H and O–H groups in total. The van der Waals surface area contributed by atoms with E-state index >= 15 is 0 Å². The van der Waals surface area contributed by atoms with E-state index < -0.39 is 11.8 Å². The number of nitrogens with zero attached hydrogens (tertiary/aromatic N) is 1. The number of benzene rings is 1. The third kappa shape index (κ3) is 3.86. The highest BCUT2D eigenvalue weighted by Gasteiger charge is 2.41. The first kappa shape index (κ1) is 19.5. The van der Waals surface area contributed by atoms with Crippen LogP contribution in [0.5, 0.6) is 0 Å². The van der Waals surface area contributed by atoms with Crippen molar-refractivity contribution in [1.29, 1.82) is 0 Å². The van der Waals surface area contributed by atoms with Crippen LogP contribution < -0.4 is 0 Å². The summed E-state index contributed by atoms with van der Waals surface area (Å²) in [4.78, 5) is 39.3. The summed E-state index contributed by atoms with van der Waals surface area (Å²) in [6.07, 6.45) is 5.37. The summed E-state index contributed by atoms with van der Waals surface area (Å²) in [6, 6.07) is 3.80. The van der Waals surface area contributed by atoms with Crippen LogP contribution >= 0.6 is 0 Å². The lowest BCUT2D eigenvalue weighted by Crippen LogP contribution is -2.41. The Morgan fingerprint density at radius 2 is 1.73 bits per heavy atom. The molecule has 1 aliphatic rings. The molecule has 134 valence electrons. The zero-order valence-corrected chi connectivity index (χ0v) is 15.7. The van der Waals surface area contributed by atoms with E-state index in [9.17, 15) is 14.4 Å². The Bertz CT molecular complexity index is 823. The van der Waals surface area contributed by atoms with Crippen LogP contribution in [0.4, 0.5) is 0 Å². The average molecular weight is 349 g/mol. The number of ketones is 2. The Balaban J connectivity index is 2.31. The van der Waals surface area contributed by atoms with Crippen LogP contribution in [0, 0.1) is 44.0 Å². The van der Waals surface area contributed by atoms with Gasteiger partial charge in [0.1, 0.15) is 17.5 Å². The molecule has 1 saturated carbocycles. The van der Waals surface area contributed by atoms with Crippen LogP contribution in [-0.2, 0) is 14.4 Å². The van der Waals surface area contributed by atoms with Crippen molar-refractivity contribution in [3.05, 3.63) is 34.4 Å². The van der Waals surface area contributed by atoms with Crippen molar-refractivity contribution in [2.45, 2.75) is 39.5 Å². The molecule has 0 spiro atoms. The topological polar surface area (TPSA) is 54.5 Å². The molecule has 4 heteroatoms. The minimum Gasteiger partial charge on any atom is -0.334 e. The predicted molar refractivity (Wildman–Crippen MR) is 100 cm³/mol. The van der Waals surface area contributed by atoms with Gasteiger partial charge in [-0.1, -0.05) is 11.8 Å². The molecule has 0 saturated heterocycles. The fourth-order valence-corrected chi connectivity index (χ4v) is 3.64. The molecule has 4 nitrogen and oxygen atoms in total. The molecule has 0 atom stereocenters. The number of amides is 1. The number of hydrogen-bond acceptors (Lipinski definition) is 3. The summed E-state index contributed by atoms with van der Waals surface area (Å²) >= 11 is 0. The summed E-state index contributed by atoms with van der Waals surface area (Å²) in [6.45, 7) is 5.71. The standard InChI is InChI=1S/C22H23NO3/c1-6-8-16-10-14(3)20(15(4)11-16)21-18(24)12-17(13-19(21)25)22(26)23(5)9-7-2/h2,10-11,17,21H,9,12-13H2,1,3-5H3. The van der Waals surface area contributed by atoms with Crippen LogP contribution in [0.1, 0.15) is 47.9 Å². The Labute approximate surface area is 155 Å². The summed E-state index contributed by atoms with van der Waals surface area (Å²) in [5.41, 5.74) is 3.38. The van der Waals surface area contributed by atoms with Crippen LogP contribution in [0.25, 0.3) is 0 Å². The Morgan fingerprint density at radius 3 is 2.19 bits per heavy atom. The zero-order chi connectivity index (χ0) is 19.4. The molecule has 0 heterocycles. The van der Waals surface area contributed by atoms with Gasteiger partial charge in [-0.25, -0.2) is 0 Å². The lowest BCUT2D eigenvalue weighted by atomic mass is 9.74. The van der Waals surface area contributed by atoms with Gasteiger partial charge in [0.15, 0.2) is 0 Å². The molecular weight excluding hydrogens is 326 g/mol. The van der Waals surface area contributed by atoms with E-state index in [1.54, 1.807) is 14.0 Å². The lowest BCUT2D eigenvalue weighted by molar-refractivity contribution is -0.143.